The first-order valence-corrected chi connectivity index (χ1v) is 5.37. The molecule has 16 heavy (non-hydrogen) atoms. The molecule has 0 fully saturated rings. The molecule has 0 saturated heterocycles. The highest BCUT2D eigenvalue weighted by molar-refractivity contribution is 5.11. The lowest BCUT2D eigenvalue weighted by Crippen LogP contribution is -2.25. The molecule has 2 aromatic rings. The molecule has 2 heterocycles. The van der Waals surface area contributed by atoms with E-state index in [-0.39, 0.29) is 6.04 Å². The van der Waals surface area contributed by atoms with E-state index in [4.69, 9.17) is 5.73 Å². The quantitative estimate of drug-likeness (QED) is 0.827. The topological polar surface area (TPSA) is 56.7 Å². The monoisotopic (exact) mass is 216 g/mol. The number of hydrogen-bond acceptors (Lipinski definition) is 3. The van der Waals surface area contributed by atoms with E-state index in [1.165, 1.54) is 5.56 Å². The molecule has 84 valence electrons. The summed E-state index contributed by atoms with van der Waals surface area (Å²) in [5.74, 6) is 0. The highest BCUT2D eigenvalue weighted by Gasteiger charge is 2.07. The first kappa shape index (κ1) is 10.8. The summed E-state index contributed by atoms with van der Waals surface area (Å²) in [7, 11) is 1.91. The van der Waals surface area contributed by atoms with Gasteiger partial charge < -0.3 is 5.73 Å². The Hall–Kier alpha value is -1.68. The van der Waals surface area contributed by atoms with Crippen molar-refractivity contribution < 1.29 is 0 Å². The normalized spacial score (nSPS) is 12.6. The fourth-order valence-corrected chi connectivity index (χ4v) is 1.73. The molecule has 0 radical (unpaired) electrons. The van der Waals surface area contributed by atoms with Crippen molar-refractivity contribution in [3.63, 3.8) is 0 Å². The Morgan fingerprint density at radius 1 is 1.38 bits per heavy atom. The van der Waals surface area contributed by atoms with E-state index in [2.05, 4.69) is 10.1 Å². The second-order valence-electron chi connectivity index (χ2n) is 4.01. The Morgan fingerprint density at radius 2 is 2.25 bits per heavy atom. The highest BCUT2D eigenvalue weighted by Crippen LogP contribution is 2.04. The lowest BCUT2D eigenvalue weighted by molar-refractivity contribution is 0.637. The van der Waals surface area contributed by atoms with Crippen molar-refractivity contribution in [1.29, 1.82) is 0 Å². The van der Waals surface area contributed by atoms with Gasteiger partial charge in [0.2, 0.25) is 0 Å². The first-order chi connectivity index (χ1) is 7.74. The third-order valence-corrected chi connectivity index (χ3v) is 2.46. The van der Waals surface area contributed by atoms with Gasteiger partial charge in [-0.1, -0.05) is 6.07 Å². The molecule has 0 aliphatic carbocycles. The van der Waals surface area contributed by atoms with Crippen molar-refractivity contribution in [2.24, 2.45) is 12.8 Å². The average Bonchev–Trinajstić information content (AvgIpc) is 2.65. The van der Waals surface area contributed by atoms with Crippen molar-refractivity contribution in [3.8, 4) is 0 Å². The summed E-state index contributed by atoms with van der Waals surface area (Å²) in [5.41, 5.74) is 8.28. The van der Waals surface area contributed by atoms with Crippen LogP contribution in [0.15, 0.2) is 36.8 Å². The maximum atomic E-state index is 6.07. The van der Waals surface area contributed by atoms with Crippen LogP contribution in [0.25, 0.3) is 0 Å². The van der Waals surface area contributed by atoms with E-state index < -0.39 is 0 Å². The largest absolute Gasteiger partial charge is 0.327 e. The van der Waals surface area contributed by atoms with Crippen molar-refractivity contribution >= 4 is 0 Å². The first-order valence-electron chi connectivity index (χ1n) is 5.37. The molecule has 2 rings (SSSR count). The molecule has 1 unspecified atom stereocenters. The van der Waals surface area contributed by atoms with Crippen molar-refractivity contribution in [1.82, 2.24) is 14.8 Å². The van der Waals surface area contributed by atoms with Crippen LogP contribution in [0.4, 0.5) is 0 Å². The Kier molecular flexibility index (Phi) is 3.31. The van der Waals surface area contributed by atoms with Gasteiger partial charge >= 0.3 is 0 Å². The summed E-state index contributed by atoms with van der Waals surface area (Å²) in [6.07, 6.45) is 7.21. The average molecular weight is 216 g/mol. The Morgan fingerprint density at radius 3 is 2.88 bits per heavy atom. The zero-order chi connectivity index (χ0) is 11.4. The highest BCUT2D eigenvalue weighted by atomic mass is 15.2. The van der Waals surface area contributed by atoms with Crippen molar-refractivity contribution in [2.45, 2.75) is 18.9 Å². The molecule has 0 aromatic carbocycles. The fourth-order valence-electron chi connectivity index (χ4n) is 1.73. The number of pyridine rings is 1. The molecule has 4 nitrogen and oxygen atoms in total. The van der Waals surface area contributed by atoms with Crippen LogP contribution in [-0.2, 0) is 19.9 Å². The van der Waals surface area contributed by atoms with Crippen LogP contribution in [0.1, 0.15) is 11.3 Å². The van der Waals surface area contributed by atoms with Crippen LogP contribution in [-0.4, -0.2) is 20.8 Å². The molecule has 2 aromatic heterocycles. The summed E-state index contributed by atoms with van der Waals surface area (Å²) in [4.78, 5) is 4.07. The summed E-state index contributed by atoms with van der Waals surface area (Å²) in [6.45, 7) is 0. The molecule has 1 atom stereocenters. The summed E-state index contributed by atoms with van der Waals surface area (Å²) < 4.78 is 1.80. The van der Waals surface area contributed by atoms with Gasteiger partial charge in [0.1, 0.15) is 0 Å². The number of rotatable bonds is 4. The van der Waals surface area contributed by atoms with Crippen LogP contribution in [0.5, 0.6) is 0 Å². The second-order valence-corrected chi connectivity index (χ2v) is 4.01. The summed E-state index contributed by atoms with van der Waals surface area (Å²) >= 11 is 0. The van der Waals surface area contributed by atoms with Gasteiger partial charge in [-0.2, -0.15) is 5.10 Å². The maximum Gasteiger partial charge on any atom is 0.0640 e. The van der Waals surface area contributed by atoms with E-state index in [0.29, 0.717) is 0 Å². The number of hydrogen-bond donors (Lipinski definition) is 1. The summed E-state index contributed by atoms with van der Waals surface area (Å²) in [6, 6.07) is 6.08. The van der Waals surface area contributed by atoms with Gasteiger partial charge in [-0.25, -0.2) is 0 Å². The van der Waals surface area contributed by atoms with E-state index in [0.717, 1.165) is 18.5 Å². The second kappa shape index (κ2) is 4.90. The Labute approximate surface area is 95.1 Å². The van der Waals surface area contributed by atoms with Gasteiger partial charge in [-0.3, -0.25) is 9.67 Å². The number of aryl methyl sites for hydroxylation is 1. The third-order valence-electron chi connectivity index (χ3n) is 2.46. The molecule has 0 aliphatic heterocycles. The molecule has 0 saturated carbocycles. The van der Waals surface area contributed by atoms with Crippen LogP contribution >= 0.6 is 0 Å². The number of nitrogens with zero attached hydrogens (tertiary/aromatic N) is 3. The predicted octanol–water partition coefficient (Wildman–Crippen LogP) is 0.928. The van der Waals surface area contributed by atoms with Crippen LogP contribution in [0.2, 0.25) is 0 Å². The Balaban J connectivity index is 1.92. The zero-order valence-corrected chi connectivity index (χ0v) is 9.37. The molecule has 0 aliphatic rings. The van der Waals surface area contributed by atoms with Crippen LogP contribution in [0.3, 0.4) is 0 Å². The lowest BCUT2D eigenvalue weighted by atomic mass is 10.0. The van der Waals surface area contributed by atoms with Gasteiger partial charge in [0.05, 0.1) is 5.69 Å². The zero-order valence-electron chi connectivity index (χ0n) is 9.37. The van der Waals surface area contributed by atoms with Gasteiger partial charge in [-0.15, -0.1) is 0 Å². The molecule has 2 N–H and O–H groups in total. The van der Waals surface area contributed by atoms with Crippen LogP contribution < -0.4 is 5.73 Å². The molecular formula is C12H16N4. The van der Waals surface area contributed by atoms with Gasteiger partial charge in [0, 0.05) is 38.1 Å². The van der Waals surface area contributed by atoms with E-state index in [1.807, 2.05) is 37.6 Å². The molecule has 0 bridgehead atoms. The minimum absolute atomic E-state index is 0.0964. The van der Waals surface area contributed by atoms with Gasteiger partial charge in [0.15, 0.2) is 0 Å². The summed E-state index contributed by atoms with van der Waals surface area (Å²) in [5, 5.41) is 4.31. The molecule has 0 amide bonds. The number of nitrogens with two attached hydrogens (primary N) is 1. The van der Waals surface area contributed by atoms with Crippen molar-refractivity contribution in [2.75, 3.05) is 0 Å². The van der Waals surface area contributed by atoms with Gasteiger partial charge in [-0.05, 0) is 24.1 Å². The SMILES string of the molecule is Cn1ccc(CC(N)Cc2cccnc2)n1. The molecular weight excluding hydrogens is 200 g/mol. The fraction of sp³-hybridized carbons (Fsp3) is 0.333. The lowest BCUT2D eigenvalue weighted by Gasteiger charge is -2.09. The van der Waals surface area contributed by atoms with Crippen LogP contribution in [0, 0.1) is 0 Å². The van der Waals surface area contributed by atoms with E-state index in [9.17, 15) is 0 Å². The Bertz CT molecular complexity index is 435. The maximum absolute atomic E-state index is 6.07. The third kappa shape index (κ3) is 2.90. The van der Waals surface area contributed by atoms with Gasteiger partial charge in [0.25, 0.3) is 0 Å². The molecule has 0 spiro atoms. The number of aromatic nitrogens is 3. The minimum Gasteiger partial charge on any atom is -0.327 e. The smallest absolute Gasteiger partial charge is 0.0640 e. The minimum atomic E-state index is 0.0964. The van der Waals surface area contributed by atoms with E-state index in [1.54, 1.807) is 10.9 Å². The standard InChI is InChI=1S/C12H16N4/c1-16-6-4-12(15-16)8-11(13)7-10-3-2-5-14-9-10/h2-6,9,11H,7-8,13H2,1H3. The van der Waals surface area contributed by atoms with Crippen molar-refractivity contribution in [3.05, 3.63) is 48.0 Å². The predicted molar refractivity (Wildman–Crippen MR) is 62.8 cm³/mol. The molecule has 4 heteroatoms. The van der Waals surface area contributed by atoms with E-state index >= 15 is 0 Å².